The predicted molar refractivity (Wildman–Crippen MR) is 123 cm³/mol. The van der Waals surface area contributed by atoms with E-state index in [-0.39, 0.29) is 23.8 Å². The molecule has 2 aliphatic rings. The van der Waals surface area contributed by atoms with Crippen LogP contribution in [0.2, 0.25) is 0 Å². The van der Waals surface area contributed by atoms with Crippen molar-refractivity contribution in [2.75, 3.05) is 52.3 Å². The lowest BCUT2D eigenvalue weighted by atomic mass is 9.82. The molecule has 2 aromatic rings. The number of nitrogens with zero attached hydrogens (tertiary/aromatic N) is 3. The molecule has 2 amide bonds. The highest BCUT2D eigenvalue weighted by molar-refractivity contribution is 5.97. The number of ether oxygens (including phenoxy) is 2. The second kappa shape index (κ2) is 9.61. The molecule has 0 aromatic heterocycles. The number of likely N-dealkylation sites (N-methyl/N-ethyl adjacent to an activating group) is 1. The average molecular weight is 438 g/mol. The van der Waals surface area contributed by atoms with Gasteiger partial charge in [-0.05, 0) is 55.4 Å². The van der Waals surface area contributed by atoms with Gasteiger partial charge in [-0.3, -0.25) is 9.59 Å². The van der Waals surface area contributed by atoms with Gasteiger partial charge < -0.3 is 24.2 Å². The van der Waals surface area contributed by atoms with Crippen LogP contribution in [0.5, 0.6) is 11.5 Å². The van der Waals surface area contributed by atoms with Crippen molar-refractivity contribution in [1.29, 1.82) is 0 Å². The molecule has 0 N–H and O–H groups in total. The molecule has 7 nitrogen and oxygen atoms in total. The summed E-state index contributed by atoms with van der Waals surface area (Å²) in [4.78, 5) is 32.8. The Morgan fingerprint density at radius 2 is 1.44 bits per heavy atom. The second-order valence-corrected chi connectivity index (χ2v) is 8.45. The largest absolute Gasteiger partial charge is 0.497 e. The molecule has 0 radical (unpaired) electrons. The summed E-state index contributed by atoms with van der Waals surface area (Å²) < 4.78 is 10.6. The minimum Gasteiger partial charge on any atom is -0.497 e. The van der Waals surface area contributed by atoms with Crippen LogP contribution in [-0.4, -0.2) is 69.1 Å². The number of carbonyl (C=O) groups is 2. The maximum Gasteiger partial charge on any atom is 0.228 e. The molecule has 7 heteroatoms. The summed E-state index contributed by atoms with van der Waals surface area (Å²) in [6.45, 7) is 3.18. The second-order valence-electron chi connectivity index (χ2n) is 8.45. The Morgan fingerprint density at radius 3 is 2.00 bits per heavy atom. The van der Waals surface area contributed by atoms with E-state index >= 15 is 0 Å². The molecule has 2 atom stereocenters. The number of hydrogen-bond acceptors (Lipinski definition) is 5. The van der Waals surface area contributed by atoms with Gasteiger partial charge in [0.2, 0.25) is 11.8 Å². The molecule has 2 unspecified atom stereocenters. The fraction of sp³-hybridized carbons (Fsp3) is 0.440. The molecule has 2 aliphatic heterocycles. The Morgan fingerprint density at radius 1 is 0.875 bits per heavy atom. The highest BCUT2D eigenvalue weighted by Gasteiger charge is 2.43. The van der Waals surface area contributed by atoms with Crippen LogP contribution in [0.1, 0.15) is 24.4 Å². The van der Waals surface area contributed by atoms with E-state index < -0.39 is 0 Å². The first-order valence-corrected chi connectivity index (χ1v) is 11.1. The zero-order valence-electron chi connectivity index (χ0n) is 19.0. The molecule has 0 spiro atoms. The molecule has 0 saturated carbocycles. The summed E-state index contributed by atoms with van der Waals surface area (Å²) in [5.74, 6) is 1.33. The number of piperidine rings is 1. The molecule has 170 valence electrons. The van der Waals surface area contributed by atoms with E-state index in [1.54, 1.807) is 19.1 Å². The molecule has 32 heavy (non-hydrogen) atoms. The minimum atomic E-state index is -0.372. The lowest BCUT2D eigenvalue weighted by Gasteiger charge is -2.43. The molecule has 0 bridgehead atoms. The van der Waals surface area contributed by atoms with Crippen molar-refractivity contribution < 1.29 is 19.1 Å². The van der Waals surface area contributed by atoms with Crippen molar-refractivity contribution in [2.24, 2.45) is 5.92 Å². The fourth-order valence-corrected chi connectivity index (χ4v) is 4.64. The molecular formula is C25H31N3O4. The third-order valence-corrected chi connectivity index (χ3v) is 6.54. The summed E-state index contributed by atoms with van der Waals surface area (Å²) in [6, 6.07) is 14.8. The van der Waals surface area contributed by atoms with E-state index in [0.29, 0.717) is 12.8 Å². The van der Waals surface area contributed by atoms with E-state index in [1.165, 1.54) is 0 Å². The van der Waals surface area contributed by atoms with Crippen LogP contribution in [0.4, 0.5) is 5.69 Å². The van der Waals surface area contributed by atoms with Crippen molar-refractivity contribution in [3.63, 3.8) is 0 Å². The van der Waals surface area contributed by atoms with E-state index in [4.69, 9.17) is 9.47 Å². The Labute approximate surface area is 189 Å². The SMILES string of the molecule is COc1ccc(C2C(C(=O)N3CCN(C)CC3)CCC(=O)N2c2ccc(OC)cc2)cc1. The van der Waals surface area contributed by atoms with Crippen LogP contribution >= 0.6 is 0 Å². The number of methoxy groups -OCH3 is 2. The fourth-order valence-electron chi connectivity index (χ4n) is 4.64. The van der Waals surface area contributed by atoms with Gasteiger partial charge in [0, 0.05) is 38.3 Å². The Balaban J connectivity index is 1.72. The third-order valence-electron chi connectivity index (χ3n) is 6.54. The standard InChI is InChI=1S/C25H31N3O4/c1-26-14-16-27(17-15-26)25(30)22-12-13-23(29)28(19-6-10-21(32-3)11-7-19)24(22)18-4-8-20(31-2)9-5-18/h4-11,22,24H,12-17H2,1-3H3. The first-order chi connectivity index (χ1) is 15.5. The van der Waals surface area contributed by atoms with E-state index in [1.807, 2.05) is 53.4 Å². The van der Waals surface area contributed by atoms with Crippen LogP contribution in [0, 0.1) is 5.92 Å². The normalized spacial score (nSPS) is 22.0. The van der Waals surface area contributed by atoms with Gasteiger partial charge >= 0.3 is 0 Å². The monoisotopic (exact) mass is 437 g/mol. The van der Waals surface area contributed by atoms with Crippen LogP contribution < -0.4 is 14.4 Å². The highest BCUT2D eigenvalue weighted by atomic mass is 16.5. The summed E-state index contributed by atoms with van der Waals surface area (Å²) in [7, 11) is 5.32. The zero-order valence-corrected chi connectivity index (χ0v) is 19.0. The van der Waals surface area contributed by atoms with Gasteiger partial charge in [0.05, 0.1) is 26.2 Å². The van der Waals surface area contributed by atoms with Crippen molar-refractivity contribution >= 4 is 17.5 Å². The number of hydrogen-bond donors (Lipinski definition) is 0. The third kappa shape index (κ3) is 4.43. The molecular weight excluding hydrogens is 406 g/mol. The quantitative estimate of drug-likeness (QED) is 0.720. The summed E-state index contributed by atoms with van der Waals surface area (Å²) in [5, 5.41) is 0. The van der Waals surface area contributed by atoms with Crippen LogP contribution in [0.3, 0.4) is 0 Å². The smallest absolute Gasteiger partial charge is 0.228 e. The van der Waals surface area contributed by atoms with Gasteiger partial charge in [0.25, 0.3) is 0 Å². The lowest BCUT2D eigenvalue weighted by molar-refractivity contribution is -0.139. The number of carbonyl (C=O) groups excluding carboxylic acids is 2. The summed E-state index contributed by atoms with van der Waals surface area (Å²) in [6.07, 6.45) is 0.899. The lowest BCUT2D eigenvalue weighted by Crippen LogP contribution is -2.53. The van der Waals surface area contributed by atoms with Gasteiger partial charge in [-0.15, -0.1) is 0 Å². The molecule has 2 aromatic carbocycles. The molecule has 2 fully saturated rings. The van der Waals surface area contributed by atoms with Crippen LogP contribution in [-0.2, 0) is 9.59 Å². The van der Waals surface area contributed by atoms with Crippen molar-refractivity contribution in [3.8, 4) is 11.5 Å². The molecule has 0 aliphatic carbocycles. The van der Waals surface area contributed by atoms with Gasteiger partial charge in [-0.1, -0.05) is 12.1 Å². The van der Waals surface area contributed by atoms with Crippen molar-refractivity contribution in [2.45, 2.75) is 18.9 Å². The number of amides is 2. The minimum absolute atomic E-state index is 0.0263. The summed E-state index contributed by atoms with van der Waals surface area (Å²) >= 11 is 0. The van der Waals surface area contributed by atoms with Crippen molar-refractivity contribution in [3.05, 3.63) is 54.1 Å². The zero-order chi connectivity index (χ0) is 22.7. The number of benzene rings is 2. The maximum absolute atomic E-state index is 13.7. The average Bonchev–Trinajstić information content (AvgIpc) is 2.84. The predicted octanol–water partition coefficient (Wildman–Crippen LogP) is 2.96. The van der Waals surface area contributed by atoms with Gasteiger partial charge in [-0.2, -0.15) is 0 Å². The molecule has 2 saturated heterocycles. The van der Waals surface area contributed by atoms with Crippen molar-refractivity contribution in [1.82, 2.24) is 9.80 Å². The number of piperazine rings is 1. The maximum atomic E-state index is 13.7. The first-order valence-electron chi connectivity index (χ1n) is 11.1. The van der Waals surface area contributed by atoms with E-state index in [9.17, 15) is 9.59 Å². The van der Waals surface area contributed by atoms with Gasteiger partial charge in [-0.25, -0.2) is 0 Å². The number of rotatable bonds is 5. The van der Waals surface area contributed by atoms with Crippen LogP contribution in [0.25, 0.3) is 0 Å². The van der Waals surface area contributed by atoms with Gasteiger partial charge in [0.15, 0.2) is 0 Å². The number of anilines is 1. The Kier molecular flexibility index (Phi) is 6.65. The topological polar surface area (TPSA) is 62.3 Å². The highest BCUT2D eigenvalue weighted by Crippen LogP contribution is 2.41. The Hall–Kier alpha value is -3.06. The van der Waals surface area contributed by atoms with Crippen LogP contribution in [0.15, 0.2) is 48.5 Å². The summed E-state index contributed by atoms with van der Waals surface area (Å²) in [5.41, 5.74) is 1.70. The molecule has 2 heterocycles. The van der Waals surface area contributed by atoms with E-state index in [2.05, 4.69) is 11.9 Å². The molecule has 4 rings (SSSR count). The first kappa shape index (κ1) is 22.1. The van der Waals surface area contributed by atoms with Gasteiger partial charge in [0.1, 0.15) is 11.5 Å². The van der Waals surface area contributed by atoms with E-state index in [0.717, 1.165) is 48.9 Å². The Bertz CT molecular complexity index is 937.